The summed E-state index contributed by atoms with van der Waals surface area (Å²) in [6.07, 6.45) is -3.87. The lowest BCUT2D eigenvalue weighted by molar-refractivity contribution is -0.168. The van der Waals surface area contributed by atoms with Gasteiger partial charge in [0.05, 0.1) is 24.3 Å². The number of halogens is 3. The molecule has 3 atom stereocenters. The number of nitrogens with zero attached hydrogens (tertiary/aromatic N) is 6. The number of urea groups is 1. The van der Waals surface area contributed by atoms with Crippen LogP contribution in [0.25, 0.3) is 0 Å². The van der Waals surface area contributed by atoms with Crippen LogP contribution in [0.15, 0.2) is 12.4 Å². The molecule has 0 aromatic carbocycles. The van der Waals surface area contributed by atoms with Gasteiger partial charge in [-0.1, -0.05) is 6.92 Å². The average Bonchev–Trinajstić information content (AvgIpc) is 2.86. The van der Waals surface area contributed by atoms with Crippen molar-refractivity contribution in [2.45, 2.75) is 51.4 Å². The van der Waals surface area contributed by atoms with Crippen molar-refractivity contribution in [1.29, 1.82) is 0 Å². The van der Waals surface area contributed by atoms with Gasteiger partial charge >= 0.3 is 12.2 Å². The molecule has 0 saturated carbocycles. The number of ketones is 1. The number of aliphatic hydroxyl groups excluding tert-OH is 2. The fourth-order valence-electron chi connectivity index (χ4n) is 4.39. The molecule has 0 radical (unpaired) electrons. The van der Waals surface area contributed by atoms with Gasteiger partial charge in [-0.25, -0.2) is 24.7 Å². The Bertz CT molecular complexity index is 1200. The zero-order chi connectivity index (χ0) is 27.6. The number of alkyl halides is 3. The normalized spacial score (nSPS) is 18.4. The van der Waals surface area contributed by atoms with Crippen molar-refractivity contribution in [3.8, 4) is 5.88 Å². The minimum atomic E-state index is -4.54. The fraction of sp³-hybridized carbons (Fsp3) is 0.565. The summed E-state index contributed by atoms with van der Waals surface area (Å²) in [6, 6.07) is 0.413. The molecule has 15 heteroatoms. The maximum absolute atomic E-state index is 13.5. The molecule has 38 heavy (non-hydrogen) atoms. The highest BCUT2D eigenvalue weighted by molar-refractivity contribution is 6.05. The molecule has 4 rings (SSSR count). The van der Waals surface area contributed by atoms with E-state index in [-0.39, 0.29) is 36.0 Å². The highest BCUT2D eigenvalue weighted by Crippen LogP contribution is 2.40. The third-order valence-corrected chi connectivity index (χ3v) is 6.38. The molecule has 2 amide bonds. The lowest BCUT2D eigenvalue weighted by Crippen LogP contribution is -2.56. The van der Waals surface area contributed by atoms with Crippen molar-refractivity contribution >= 4 is 29.1 Å². The van der Waals surface area contributed by atoms with Gasteiger partial charge in [-0.05, 0) is 19.8 Å². The molecule has 1 fully saturated rings. The van der Waals surface area contributed by atoms with Crippen molar-refractivity contribution in [2.24, 2.45) is 5.92 Å². The number of rotatable bonds is 8. The summed E-state index contributed by atoms with van der Waals surface area (Å²) < 4.78 is 44.4. The number of hydrogen-bond acceptors (Lipinski definition) is 10. The first kappa shape index (κ1) is 27.4. The van der Waals surface area contributed by atoms with E-state index in [2.05, 4.69) is 25.3 Å². The lowest BCUT2D eigenvalue weighted by Gasteiger charge is -2.46. The third kappa shape index (κ3) is 5.93. The van der Waals surface area contributed by atoms with Gasteiger partial charge in [0.2, 0.25) is 11.7 Å². The molecule has 2 aromatic heterocycles. The van der Waals surface area contributed by atoms with Crippen molar-refractivity contribution in [2.75, 3.05) is 41.4 Å². The Morgan fingerprint density at radius 3 is 2.76 bits per heavy atom. The second-order valence-electron chi connectivity index (χ2n) is 9.31. The zero-order valence-corrected chi connectivity index (χ0v) is 20.8. The highest BCUT2D eigenvalue weighted by Gasteiger charge is 2.41. The number of piperidine rings is 1. The van der Waals surface area contributed by atoms with Gasteiger partial charge < -0.3 is 19.8 Å². The van der Waals surface area contributed by atoms with E-state index < -0.39 is 43.0 Å². The predicted molar refractivity (Wildman–Crippen MR) is 128 cm³/mol. The Hall–Kier alpha value is -3.59. The summed E-state index contributed by atoms with van der Waals surface area (Å²) >= 11 is 0. The van der Waals surface area contributed by atoms with Crippen LogP contribution in [0.3, 0.4) is 0 Å². The zero-order valence-electron chi connectivity index (χ0n) is 20.8. The van der Waals surface area contributed by atoms with Crippen LogP contribution >= 0.6 is 0 Å². The van der Waals surface area contributed by atoms with E-state index in [1.54, 1.807) is 6.92 Å². The Kier molecular flexibility index (Phi) is 7.97. The molecule has 4 heterocycles. The molecule has 2 aliphatic heterocycles. The largest absolute Gasteiger partial charge is 0.475 e. The smallest absolute Gasteiger partial charge is 0.391 e. The second-order valence-corrected chi connectivity index (χ2v) is 9.31. The van der Waals surface area contributed by atoms with E-state index in [4.69, 9.17) is 9.84 Å². The fourth-order valence-corrected chi connectivity index (χ4v) is 4.39. The SMILES string of the molecule is Cc1nc(C(=O)C[C@H](C)C(F)(F)F)nc2c1N1CCC[C@@H](C1)N2C(=O)Nc1cc(OC[C@@H](O)CO)ncn1. The Labute approximate surface area is 215 Å². The van der Waals surface area contributed by atoms with Crippen LogP contribution in [-0.2, 0) is 0 Å². The summed E-state index contributed by atoms with van der Waals surface area (Å²) in [5.41, 5.74) is 0.928. The number of carbonyl (C=O) groups is 2. The molecule has 0 aliphatic carbocycles. The first-order valence-corrected chi connectivity index (χ1v) is 12.1. The molecular formula is C23H28F3N7O5. The van der Waals surface area contributed by atoms with Crippen molar-refractivity contribution in [3.63, 3.8) is 0 Å². The summed E-state index contributed by atoms with van der Waals surface area (Å²) in [4.78, 5) is 46.0. The summed E-state index contributed by atoms with van der Waals surface area (Å²) in [5, 5.41) is 21.0. The number of Topliss-reactive ketones (excluding diaryl/α,β-unsaturated/α-hetero) is 1. The van der Waals surface area contributed by atoms with Crippen LogP contribution in [0.4, 0.5) is 35.3 Å². The number of hydrogen-bond donors (Lipinski definition) is 3. The molecule has 3 N–H and O–H groups in total. The number of ether oxygens (including phenoxy) is 1. The van der Waals surface area contributed by atoms with Crippen molar-refractivity contribution in [1.82, 2.24) is 19.9 Å². The first-order valence-electron chi connectivity index (χ1n) is 12.1. The van der Waals surface area contributed by atoms with Gasteiger partial charge in [-0.15, -0.1) is 0 Å². The van der Waals surface area contributed by atoms with E-state index >= 15 is 0 Å². The van der Waals surface area contributed by atoms with E-state index in [0.29, 0.717) is 30.9 Å². The Balaban J connectivity index is 1.62. The number of fused-ring (bicyclic) bond motifs is 4. The van der Waals surface area contributed by atoms with Gasteiger partial charge in [-0.2, -0.15) is 13.2 Å². The average molecular weight is 540 g/mol. The summed E-state index contributed by atoms with van der Waals surface area (Å²) in [5.74, 6) is -2.84. The van der Waals surface area contributed by atoms with Crippen LogP contribution in [0.5, 0.6) is 5.88 Å². The number of anilines is 3. The van der Waals surface area contributed by atoms with Gasteiger partial charge in [0.15, 0.2) is 11.6 Å². The molecule has 12 nitrogen and oxygen atoms in total. The monoisotopic (exact) mass is 539 g/mol. The Morgan fingerprint density at radius 2 is 2.05 bits per heavy atom. The molecular weight excluding hydrogens is 511 g/mol. The first-order chi connectivity index (χ1) is 18.0. The lowest BCUT2D eigenvalue weighted by atomic mass is 9.99. The predicted octanol–water partition coefficient (Wildman–Crippen LogP) is 2.10. The van der Waals surface area contributed by atoms with Crippen molar-refractivity contribution < 1.29 is 37.7 Å². The molecule has 2 bridgehead atoms. The molecule has 1 saturated heterocycles. The number of carbonyl (C=O) groups excluding carboxylic acids is 2. The number of aromatic nitrogens is 4. The topological polar surface area (TPSA) is 154 Å². The van der Waals surface area contributed by atoms with Crippen LogP contribution in [-0.4, -0.2) is 86.6 Å². The number of aryl methyl sites for hydroxylation is 1. The van der Waals surface area contributed by atoms with Gasteiger partial charge in [-0.3, -0.25) is 15.0 Å². The minimum absolute atomic E-state index is 0.0514. The maximum atomic E-state index is 13.5. The standard InChI is InChI=1S/C23H28F3N7O5/c1-12(23(24,25)26)6-16(36)20-29-13(2)19-21(31-20)33(14-4-3-5-32(19)8-14)22(37)30-17-7-18(28-11-27-17)38-10-15(35)9-34/h7,11-12,14-15,34-35H,3-6,8-10H2,1-2H3,(H,27,28,30,37)/t12-,14-,15-/m0/s1. The molecule has 2 aliphatic rings. The quantitative estimate of drug-likeness (QED) is 0.425. The number of aliphatic hydroxyl groups is 2. The van der Waals surface area contributed by atoms with Crippen LogP contribution in [0, 0.1) is 12.8 Å². The number of amides is 2. The van der Waals surface area contributed by atoms with E-state index in [1.807, 2.05) is 4.90 Å². The van der Waals surface area contributed by atoms with E-state index in [9.17, 15) is 27.9 Å². The van der Waals surface area contributed by atoms with E-state index in [1.165, 1.54) is 11.0 Å². The summed E-state index contributed by atoms with van der Waals surface area (Å²) in [6.45, 7) is 3.02. The third-order valence-electron chi connectivity index (χ3n) is 6.38. The van der Waals surface area contributed by atoms with Gasteiger partial charge in [0.25, 0.3) is 0 Å². The van der Waals surface area contributed by atoms with Crippen LogP contribution in [0.2, 0.25) is 0 Å². The molecule has 206 valence electrons. The molecule has 2 aromatic rings. The van der Waals surface area contributed by atoms with Crippen molar-refractivity contribution in [3.05, 3.63) is 23.9 Å². The minimum Gasteiger partial charge on any atom is -0.475 e. The summed E-state index contributed by atoms with van der Waals surface area (Å²) in [7, 11) is 0. The van der Waals surface area contributed by atoms with Gasteiger partial charge in [0, 0.05) is 25.6 Å². The Morgan fingerprint density at radius 1 is 1.29 bits per heavy atom. The molecule has 0 unspecified atom stereocenters. The van der Waals surface area contributed by atoms with E-state index in [0.717, 1.165) is 19.7 Å². The van der Waals surface area contributed by atoms with Crippen LogP contribution in [0.1, 0.15) is 42.5 Å². The molecule has 0 spiro atoms. The second kappa shape index (κ2) is 11.0. The maximum Gasteiger partial charge on any atom is 0.391 e. The highest BCUT2D eigenvalue weighted by atomic mass is 19.4. The van der Waals surface area contributed by atoms with Gasteiger partial charge in [0.1, 0.15) is 30.5 Å². The number of nitrogens with one attached hydrogen (secondary N) is 1. The van der Waals surface area contributed by atoms with Crippen LogP contribution < -0.4 is 19.9 Å².